The fourth-order valence-corrected chi connectivity index (χ4v) is 3.67. The molecular formula is C24H45NO5. The van der Waals surface area contributed by atoms with Crippen LogP contribution in [0.25, 0.3) is 0 Å². The number of aliphatic carboxylic acids is 2. The Bertz CT molecular complexity index is 453. The number of hydrogen-bond acceptors (Lipinski definition) is 3. The van der Waals surface area contributed by atoms with Crippen molar-refractivity contribution < 1.29 is 24.6 Å². The lowest BCUT2D eigenvalue weighted by Gasteiger charge is -2.13. The first kappa shape index (κ1) is 28.4. The molecule has 6 heteroatoms. The van der Waals surface area contributed by atoms with E-state index in [2.05, 4.69) is 5.32 Å². The first-order valence-corrected chi connectivity index (χ1v) is 12.2. The molecule has 1 amide bonds. The number of hydrogen-bond donors (Lipinski definition) is 3. The van der Waals surface area contributed by atoms with Crippen molar-refractivity contribution in [2.75, 3.05) is 0 Å². The van der Waals surface area contributed by atoms with Gasteiger partial charge in [0.1, 0.15) is 6.04 Å². The summed E-state index contributed by atoms with van der Waals surface area (Å²) in [5.41, 5.74) is 0. The average Bonchev–Trinajstić information content (AvgIpc) is 2.69. The van der Waals surface area contributed by atoms with Crippen LogP contribution in [-0.2, 0) is 14.4 Å². The lowest BCUT2D eigenvalue weighted by atomic mass is 10.0. The Hall–Kier alpha value is -1.59. The van der Waals surface area contributed by atoms with Gasteiger partial charge in [-0.2, -0.15) is 0 Å². The zero-order valence-electron chi connectivity index (χ0n) is 19.1. The summed E-state index contributed by atoms with van der Waals surface area (Å²) in [6.45, 7) is 1.91. The minimum Gasteiger partial charge on any atom is -0.481 e. The molecule has 0 aromatic rings. The van der Waals surface area contributed by atoms with E-state index < -0.39 is 18.0 Å². The van der Waals surface area contributed by atoms with E-state index in [-0.39, 0.29) is 5.91 Å². The van der Waals surface area contributed by atoms with Crippen LogP contribution in [0.4, 0.5) is 0 Å². The molecule has 0 aliphatic rings. The Morgan fingerprint density at radius 2 is 1.00 bits per heavy atom. The number of unbranched alkanes of at least 4 members (excludes halogenated alkanes) is 14. The zero-order chi connectivity index (χ0) is 22.5. The highest BCUT2D eigenvalue weighted by Gasteiger charge is 2.18. The van der Waals surface area contributed by atoms with Crippen LogP contribution in [0, 0.1) is 0 Å². The molecule has 0 radical (unpaired) electrons. The Morgan fingerprint density at radius 3 is 1.33 bits per heavy atom. The summed E-state index contributed by atoms with van der Waals surface area (Å²) in [4.78, 5) is 33.3. The van der Waals surface area contributed by atoms with E-state index in [0.29, 0.717) is 19.3 Å². The fourth-order valence-electron chi connectivity index (χ4n) is 3.67. The van der Waals surface area contributed by atoms with Gasteiger partial charge in [-0.1, -0.05) is 96.8 Å². The molecule has 0 saturated carbocycles. The van der Waals surface area contributed by atoms with Crippen LogP contribution in [0.5, 0.6) is 0 Å². The van der Waals surface area contributed by atoms with E-state index in [1.165, 1.54) is 57.8 Å². The van der Waals surface area contributed by atoms with Gasteiger partial charge in [0.2, 0.25) is 5.91 Å². The van der Waals surface area contributed by atoms with Crippen LogP contribution in [0.15, 0.2) is 0 Å². The molecule has 0 spiro atoms. The van der Waals surface area contributed by atoms with Crippen molar-refractivity contribution in [3.63, 3.8) is 0 Å². The number of amides is 1. The van der Waals surface area contributed by atoms with Crippen LogP contribution >= 0.6 is 0 Å². The number of carbonyl (C=O) groups excluding carboxylic acids is 1. The van der Waals surface area contributed by atoms with Crippen molar-refractivity contribution in [2.45, 2.75) is 135 Å². The Kier molecular flexibility index (Phi) is 19.6. The second-order valence-electron chi connectivity index (χ2n) is 8.44. The second kappa shape index (κ2) is 20.7. The predicted molar refractivity (Wildman–Crippen MR) is 121 cm³/mol. The first-order valence-electron chi connectivity index (χ1n) is 12.2. The number of carbonyl (C=O) groups is 3. The van der Waals surface area contributed by atoms with Gasteiger partial charge in [0, 0.05) is 12.8 Å². The normalized spacial score (nSPS) is 11.9. The van der Waals surface area contributed by atoms with Crippen molar-refractivity contribution in [1.82, 2.24) is 5.32 Å². The van der Waals surface area contributed by atoms with Gasteiger partial charge in [-0.3, -0.25) is 9.59 Å². The van der Waals surface area contributed by atoms with Crippen molar-refractivity contribution in [3.8, 4) is 0 Å². The number of carboxylic acids is 2. The van der Waals surface area contributed by atoms with Gasteiger partial charge in [-0.05, 0) is 19.3 Å². The largest absolute Gasteiger partial charge is 0.481 e. The highest BCUT2D eigenvalue weighted by molar-refractivity contribution is 5.83. The van der Waals surface area contributed by atoms with Crippen LogP contribution < -0.4 is 5.32 Å². The zero-order valence-corrected chi connectivity index (χ0v) is 19.1. The molecule has 30 heavy (non-hydrogen) atoms. The summed E-state index contributed by atoms with van der Waals surface area (Å²) in [5, 5.41) is 20.2. The molecule has 6 nitrogen and oxygen atoms in total. The maximum atomic E-state index is 11.8. The van der Waals surface area contributed by atoms with Gasteiger partial charge in [0.15, 0.2) is 0 Å². The van der Waals surface area contributed by atoms with Gasteiger partial charge in [-0.25, -0.2) is 4.79 Å². The number of nitrogens with one attached hydrogen (secondary N) is 1. The van der Waals surface area contributed by atoms with Crippen LogP contribution in [0.2, 0.25) is 0 Å². The molecule has 1 atom stereocenters. The molecule has 0 rings (SSSR count). The molecule has 0 unspecified atom stereocenters. The highest BCUT2D eigenvalue weighted by atomic mass is 16.4. The molecule has 0 aromatic heterocycles. The van der Waals surface area contributed by atoms with E-state index in [1.807, 2.05) is 6.92 Å². The molecule has 0 aliphatic carbocycles. The predicted octanol–water partition coefficient (Wildman–Crippen LogP) is 6.07. The quantitative estimate of drug-likeness (QED) is 0.182. The third-order valence-electron chi connectivity index (χ3n) is 5.51. The smallest absolute Gasteiger partial charge is 0.326 e. The molecule has 3 N–H and O–H groups in total. The Labute approximate surface area is 183 Å². The topological polar surface area (TPSA) is 104 Å². The van der Waals surface area contributed by atoms with Crippen molar-refractivity contribution >= 4 is 17.8 Å². The summed E-state index contributed by atoms with van der Waals surface area (Å²) < 4.78 is 0. The Balaban J connectivity index is 3.30. The fraction of sp³-hybridized carbons (Fsp3) is 0.875. The van der Waals surface area contributed by atoms with E-state index in [0.717, 1.165) is 44.9 Å². The van der Waals surface area contributed by atoms with E-state index in [9.17, 15) is 14.4 Å². The molecule has 0 saturated heterocycles. The molecule has 0 aliphatic heterocycles. The van der Waals surface area contributed by atoms with Gasteiger partial charge < -0.3 is 15.5 Å². The summed E-state index contributed by atoms with van der Waals surface area (Å²) in [6.07, 6.45) is 19.4. The van der Waals surface area contributed by atoms with Gasteiger partial charge in [-0.15, -0.1) is 0 Å². The third-order valence-corrected chi connectivity index (χ3v) is 5.51. The van der Waals surface area contributed by atoms with E-state index in [4.69, 9.17) is 10.2 Å². The van der Waals surface area contributed by atoms with Crippen molar-refractivity contribution in [2.24, 2.45) is 0 Å². The second-order valence-corrected chi connectivity index (χ2v) is 8.44. The third kappa shape index (κ3) is 19.7. The first-order chi connectivity index (χ1) is 14.5. The average molecular weight is 428 g/mol. The lowest BCUT2D eigenvalue weighted by Crippen LogP contribution is -2.40. The molecule has 0 fully saturated rings. The van der Waals surface area contributed by atoms with Crippen LogP contribution in [-0.4, -0.2) is 34.1 Å². The monoisotopic (exact) mass is 427 g/mol. The van der Waals surface area contributed by atoms with Crippen LogP contribution in [0.3, 0.4) is 0 Å². The minimum atomic E-state index is -0.946. The number of carboxylic acid groups (broad SMARTS) is 2. The highest BCUT2D eigenvalue weighted by Crippen LogP contribution is 2.14. The molecule has 0 bridgehead atoms. The summed E-state index contributed by atoms with van der Waals surface area (Å²) in [6, 6.07) is -0.744. The summed E-state index contributed by atoms with van der Waals surface area (Å²) in [5.74, 6) is -1.77. The van der Waals surface area contributed by atoms with Crippen molar-refractivity contribution in [1.29, 1.82) is 0 Å². The van der Waals surface area contributed by atoms with Crippen molar-refractivity contribution in [3.05, 3.63) is 0 Å². The molecule has 0 aromatic carbocycles. The van der Waals surface area contributed by atoms with Crippen LogP contribution in [0.1, 0.15) is 129 Å². The van der Waals surface area contributed by atoms with Gasteiger partial charge in [0.25, 0.3) is 0 Å². The molecule has 0 heterocycles. The number of rotatable bonds is 22. The van der Waals surface area contributed by atoms with E-state index >= 15 is 0 Å². The molecular weight excluding hydrogens is 382 g/mol. The van der Waals surface area contributed by atoms with E-state index in [1.54, 1.807) is 0 Å². The SMILES string of the molecule is CCC[C@H](NC(=O)CCCCCCCCCCCCCCCCCC(=O)O)C(=O)O. The molecule has 176 valence electrons. The maximum absolute atomic E-state index is 11.8. The van der Waals surface area contributed by atoms with Gasteiger partial charge >= 0.3 is 11.9 Å². The summed E-state index contributed by atoms with van der Waals surface area (Å²) >= 11 is 0. The minimum absolute atomic E-state index is 0.142. The Morgan fingerprint density at radius 1 is 0.633 bits per heavy atom. The summed E-state index contributed by atoms with van der Waals surface area (Å²) in [7, 11) is 0. The maximum Gasteiger partial charge on any atom is 0.326 e. The lowest BCUT2D eigenvalue weighted by molar-refractivity contribution is -0.142. The van der Waals surface area contributed by atoms with Gasteiger partial charge in [0.05, 0.1) is 0 Å². The standard InChI is InChI=1S/C24H45NO5/c1-2-18-21(24(29)30)25-22(26)19-16-14-12-10-8-6-4-3-5-7-9-11-13-15-17-20-23(27)28/h21H,2-20H2,1H3,(H,25,26)(H,27,28)(H,29,30)/t21-/m0/s1.